The topological polar surface area (TPSA) is 78.4 Å². The lowest BCUT2D eigenvalue weighted by molar-refractivity contribution is -0.139. The number of rotatable bonds is 6. The maximum atomic E-state index is 11.7. The van der Waals surface area contributed by atoms with Crippen LogP contribution in [0.3, 0.4) is 0 Å². The van der Waals surface area contributed by atoms with E-state index in [-0.39, 0.29) is 5.92 Å². The summed E-state index contributed by atoms with van der Waals surface area (Å²) in [7, 11) is 0. The first-order valence-corrected chi connectivity index (χ1v) is 6.92. The van der Waals surface area contributed by atoms with Gasteiger partial charge >= 0.3 is 12.0 Å². The summed E-state index contributed by atoms with van der Waals surface area (Å²) >= 11 is 0. The number of urea groups is 1. The molecule has 0 saturated carbocycles. The highest BCUT2D eigenvalue weighted by Gasteiger charge is 2.20. The van der Waals surface area contributed by atoms with Crippen LogP contribution in [0.4, 0.5) is 4.79 Å². The van der Waals surface area contributed by atoms with Crippen molar-refractivity contribution in [1.82, 2.24) is 10.6 Å². The highest BCUT2D eigenvalue weighted by molar-refractivity contribution is 5.83. The lowest BCUT2D eigenvalue weighted by Gasteiger charge is -2.16. The zero-order chi connectivity index (χ0) is 15.8. The first kappa shape index (κ1) is 16.8. The summed E-state index contributed by atoms with van der Waals surface area (Å²) < 4.78 is 0. The maximum Gasteiger partial charge on any atom is 0.326 e. The van der Waals surface area contributed by atoms with Gasteiger partial charge in [0.2, 0.25) is 0 Å². The van der Waals surface area contributed by atoms with Gasteiger partial charge in [-0.1, -0.05) is 38.1 Å². The van der Waals surface area contributed by atoms with Gasteiger partial charge in [0, 0.05) is 6.20 Å². The van der Waals surface area contributed by atoms with E-state index in [2.05, 4.69) is 10.6 Å². The van der Waals surface area contributed by atoms with E-state index < -0.39 is 18.0 Å². The van der Waals surface area contributed by atoms with Crippen LogP contribution in [0.2, 0.25) is 0 Å². The third-order valence-corrected chi connectivity index (χ3v) is 2.98. The summed E-state index contributed by atoms with van der Waals surface area (Å²) in [5, 5.41) is 14.0. The molecule has 1 aromatic rings. The van der Waals surface area contributed by atoms with Crippen LogP contribution in [0.5, 0.6) is 0 Å². The van der Waals surface area contributed by atoms with Crippen molar-refractivity contribution in [3.63, 3.8) is 0 Å². The molecular formula is C16H22N2O3. The Bertz CT molecular complexity index is 524. The van der Waals surface area contributed by atoms with Gasteiger partial charge < -0.3 is 15.7 Å². The standard InChI is InChI=1S/C16H22N2O3/c1-11(2)10-14(15(19)20)18-16(21)17-9-8-13-7-5-4-6-12(13)3/h4-9,11,14H,10H2,1-3H3,(H,19,20)(H2,17,18,21)/b9-8+. The Hall–Kier alpha value is -2.30. The Morgan fingerprint density at radius 3 is 2.52 bits per heavy atom. The van der Waals surface area contributed by atoms with Crippen LogP contribution in [-0.2, 0) is 4.79 Å². The number of amides is 2. The second-order valence-electron chi connectivity index (χ2n) is 5.33. The second-order valence-corrected chi connectivity index (χ2v) is 5.33. The van der Waals surface area contributed by atoms with E-state index in [0.717, 1.165) is 11.1 Å². The molecule has 0 saturated heterocycles. The molecule has 0 aliphatic carbocycles. The Morgan fingerprint density at radius 1 is 1.29 bits per heavy atom. The fraction of sp³-hybridized carbons (Fsp3) is 0.375. The molecule has 5 heteroatoms. The molecule has 3 N–H and O–H groups in total. The van der Waals surface area contributed by atoms with Crippen LogP contribution >= 0.6 is 0 Å². The average Bonchev–Trinajstić information content (AvgIpc) is 2.39. The molecule has 0 fully saturated rings. The van der Waals surface area contributed by atoms with Crippen molar-refractivity contribution < 1.29 is 14.7 Å². The first-order chi connectivity index (χ1) is 9.90. The number of carbonyl (C=O) groups excluding carboxylic acids is 1. The molecule has 2 amide bonds. The molecule has 21 heavy (non-hydrogen) atoms. The maximum absolute atomic E-state index is 11.7. The Kier molecular flexibility index (Phi) is 6.46. The SMILES string of the molecule is Cc1ccccc1/C=C/NC(=O)NC(CC(C)C)C(=O)O. The van der Waals surface area contributed by atoms with E-state index in [1.807, 2.05) is 45.0 Å². The van der Waals surface area contributed by atoms with E-state index in [1.165, 1.54) is 6.20 Å². The minimum absolute atomic E-state index is 0.189. The van der Waals surface area contributed by atoms with Crippen molar-refractivity contribution in [3.8, 4) is 0 Å². The van der Waals surface area contributed by atoms with E-state index in [4.69, 9.17) is 5.11 Å². The molecule has 0 radical (unpaired) electrons. The van der Waals surface area contributed by atoms with Crippen molar-refractivity contribution in [2.24, 2.45) is 5.92 Å². The lowest BCUT2D eigenvalue weighted by atomic mass is 10.0. The molecule has 5 nitrogen and oxygen atoms in total. The van der Waals surface area contributed by atoms with Gasteiger partial charge in [-0.15, -0.1) is 0 Å². The Balaban J connectivity index is 2.53. The highest BCUT2D eigenvalue weighted by Crippen LogP contribution is 2.08. The number of hydrogen-bond acceptors (Lipinski definition) is 2. The van der Waals surface area contributed by atoms with Gasteiger partial charge in [-0.3, -0.25) is 0 Å². The van der Waals surface area contributed by atoms with Crippen LogP contribution in [0.1, 0.15) is 31.4 Å². The monoisotopic (exact) mass is 290 g/mol. The number of aliphatic carboxylic acids is 1. The number of aryl methyl sites for hydroxylation is 1. The predicted octanol–water partition coefficient (Wildman–Crippen LogP) is 2.76. The van der Waals surface area contributed by atoms with Crippen LogP contribution in [0.15, 0.2) is 30.5 Å². The number of carboxylic acids is 1. The molecule has 0 aliphatic heterocycles. The Labute approximate surface area is 125 Å². The quantitative estimate of drug-likeness (QED) is 0.753. The summed E-state index contributed by atoms with van der Waals surface area (Å²) in [6, 6.07) is 6.36. The minimum atomic E-state index is -1.03. The first-order valence-electron chi connectivity index (χ1n) is 6.92. The van der Waals surface area contributed by atoms with Gasteiger partial charge in [-0.2, -0.15) is 0 Å². The van der Waals surface area contributed by atoms with Crippen molar-refractivity contribution in [2.45, 2.75) is 33.2 Å². The number of benzene rings is 1. The third kappa shape index (κ3) is 6.12. The van der Waals surface area contributed by atoms with Gasteiger partial charge in [-0.25, -0.2) is 9.59 Å². The number of carbonyl (C=O) groups is 2. The molecule has 0 bridgehead atoms. The Morgan fingerprint density at radius 2 is 1.95 bits per heavy atom. The molecule has 1 aromatic carbocycles. The van der Waals surface area contributed by atoms with Crippen molar-refractivity contribution in [2.75, 3.05) is 0 Å². The molecule has 1 atom stereocenters. The van der Waals surface area contributed by atoms with Gasteiger partial charge in [0.05, 0.1) is 0 Å². The minimum Gasteiger partial charge on any atom is -0.480 e. The number of nitrogens with one attached hydrogen (secondary N) is 2. The molecule has 1 unspecified atom stereocenters. The lowest BCUT2D eigenvalue weighted by Crippen LogP contribution is -2.45. The fourth-order valence-corrected chi connectivity index (χ4v) is 1.87. The molecular weight excluding hydrogens is 268 g/mol. The summed E-state index contributed by atoms with van der Waals surface area (Å²) in [6.45, 7) is 5.80. The summed E-state index contributed by atoms with van der Waals surface area (Å²) in [4.78, 5) is 22.7. The van der Waals surface area contributed by atoms with Gasteiger partial charge in [0.15, 0.2) is 0 Å². The van der Waals surface area contributed by atoms with Gasteiger partial charge in [0.25, 0.3) is 0 Å². The van der Waals surface area contributed by atoms with Gasteiger partial charge in [0.1, 0.15) is 6.04 Å². The molecule has 0 heterocycles. The van der Waals surface area contributed by atoms with E-state index in [0.29, 0.717) is 6.42 Å². The fourth-order valence-electron chi connectivity index (χ4n) is 1.87. The zero-order valence-electron chi connectivity index (χ0n) is 12.6. The van der Waals surface area contributed by atoms with E-state index in [1.54, 1.807) is 6.08 Å². The van der Waals surface area contributed by atoms with Crippen LogP contribution in [-0.4, -0.2) is 23.1 Å². The summed E-state index contributed by atoms with van der Waals surface area (Å²) in [5.74, 6) is -0.837. The normalized spacial score (nSPS) is 12.4. The van der Waals surface area contributed by atoms with Crippen LogP contribution < -0.4 is 10.6 Å². The second kappa shape index (κ2) is 8.09. The number of hydrogen-bond donors (Lipinski definition) is 3. The zero-order valence-corrected chi connectivity index (χ0v) is 12.6. The van der Waals surface area contributed by atoms with Crippen molar-refractivity contribution in [1.29, 1.82) is 0 Å². The molecule has 0 aliphatic rings. The van der Waals surface area contributed by atoms with Crippen LogP contribution in [0, 0.1) is 12.8 Å². The summed E-state index contributed by atoms with van der Waals surface area (Å²) in [5.41, 5.74) is 2.09. The smallest absolute Gasteiger partial charge is 0.326 e. The van der Waals surface area contributed by atoms with Crippen molar-refractivity contribution in [3.05, 3.63) is 41.6 Å². The number of carboxylic acid groups (broad SMARTS) is 1. The molecule has 114 valence electrons. The third-order valence-electron chi connectivity index (χ3n) is 2.98. The van der Waals surface area contributed by atoms with Crippen molar-refractivity contribution >= 4 is 18.1 Å². The van der Waals surface area contributed by atoms with Crippen LogP contribution in [0.25, 0.3) is 6.08 Å². The highest BCUT2D eigenvalue weighted by atomic mass is 16.4. The molecule has 0 spiro atoms. The van der Waals surface area contributed by atoms with Gasteiger partial charge in [-0.05, 0) is 36.5 Å². The predicted molar refractivity (Wildman–Crippen MR) is 82.8 cm³/mol. The largest absolute Gasteiger partial charge is 0.480 e. The molecule has 0 aromatic heterocycles. The average molecular weight is 290 g/mol. The van der Waals surface area contributed by atoms with E-state index >= 15 is 0 Å². The summed E-state index contributed by atoms with van der Waals surface area (Å²) in [6.07, 6.45) is 3.67. The molecule has 1 rings (SSSR count). The van der Waals surface area contributed by atoms with E-state index in [9.17, 15) is 9.59 Å².